The molecule has 0 aliphatic heterocycles. The predicted octanol–water partition coefficient (Wildman–Crippen LogP) is 1.22. The minimum Gasteiger partial charge on any atom is -0.211 e. The maximum absolute atomic E-state index is 12.4. The SMILES string of the molecule is NS(=O)(=O)N(c1ccccc1)C(F)(F)F. The lowest BCUT2D eigenvalue weighted by Crippen LogP contribution is -2.46. The van der Waals surface area contributed by atoms with Gasteiger partial charge >= 0.3 is 16.5 Å². The molecule has 0 heterocycles. The molecule has 1 aromatic carbocycles. The van der Waals surface area contributed by atoms with Gasteiger partial charge in [-0.15, -0.1) is 13.2 Å². The molecule has 1 rings (SSSR count). The number of nitrogens with zero attached hydrogens (tertiary/aromatic N) is 1. The lowest BCUT2D eigenvalue weighted by Gasteiger charge is -2.23. The first-order valence-corrected chi connectivity index (χ1v) is 5.18. The van der Waals surface area contributed by atoms with Crippen LogP contribution < -0.4 is 9.44 Å². The molecule has 2 N–H and O–H groups in total. The number of anilines is 1. The fraction of sp³-hybridized carbons (Fsp3) is 0.143. The summed E-state index contributed by atoms with van der Waals surface area (Å²) in [5, 5.41) is 4.48. The van der Waals surface area contributed by atoms with Crippen molar-refractivity contribution in [3.05, 3.63) is 30.3 Å². The van der Waals surface area contributed by atoms with Crippen LogP contribution in [0, 0.1) is 0 Å². The molecule has 0 aromatic heterocycles. The van der Waals surface area contributed by atoms with Crippen molar-refractivity contribution in [2.24, 2.45) is 5.14 Å². The largest absolute Gasteiger partial charge is 0.499 e. The Hall–Kier alpha value is -1.28. The molecule has 8 heteroatoms. The van der Waals surface area contributed by atoms with Gasteiger partial charge in [-0.3, -0.25) is 0 Å². The van der Waals surface area contributed by atoms with Crippen LogP contribution in [0.4, 0.5) is 18.9 Å². The third-order valence-electron chi connectivity index (χ3n) is 1.48. The molecule has 0 spiro atoms. The molecule has 0 amide bonds. The zero-order valence-corrected chi connectivity index (χ0v) is 8.09. The average molecular weight is 240 g/mol. The molecule has 0 unspecified atom stereocenters. The van der Waals surface area contributed by atoms with Crippen molar-refractivity contribution in [1.82, 2.24) is 0 Å². The van der Waals surface area contributed by atoms with E-state index in [2.05, 4.69) is 5.14 Å². The van der Waals surface area contributed by atoms with Crippen LogP contribution in [0.5, 0.6) is 0 Å². The fourth-order valence-electron chi connectivity index (χ4n) is 1.00. The van der Waals surface area contributed by atoms with Crippen LogP contribution >= 0.6 is 0 Å². The third-order valence-corrected chi connectivity index (χ3v) is 2.40. The Morgan fingerprint density at radius 3 is 1.93 bits per heavy atom. The Bertz CT molecular complexity index is 429. The number of para-hydroxylation sites is 1. The van der Waals surface area contributed by atoms with Gasteiger partial charge in [0.15, 0.2) is 0 Å². The first-order chi connectivity index (χ1) is 6.73. The maximum Gasteiger partial charge on any atom is 0.499 e. The molecule has 0 fully saturated rings. The Kier molecular flexibility index (Phi) is 2.91. The van der Waals surface area contributed by atoms with E-state index in [-0.39, 0.29) is 0 Å². The van der Waals surface area contributed by atoms with E-state index in [9.17, 15) is 21.6 Å². The van der Waals surface area contributed by atoms with E-state index < -0.39 is 26.5 Å². The van der Waals surface area contributed by atoms with Gasteiger partial charge < -0.3 is 0 Å². The smallest absolute Gasteiger partial charge is 0.211 e. The number of nitrogens with two attached hydrogens (primary N) is 1. The average Bonchev–Trinajstić information content (AvgIpc) is 2.00. The van der Waals surface area contributed by atoms with Gasteiger partial charge in [0.25, 0.3) is 0 Å². The zero-order valence-electron chi connectivity index (χ0n) is 7.27. The van der Waals surface area contributed by atoms with Gasteiger partial charge in [0, 0.05) is 0 Å². The second kappa shape index (κ2) is 3.70. The summed E-state index contributed by atoms with van der Waals surface area (Å²) in [6.07, 6.45) is -5.07. The van der Waals surface area contributed by atoms with E-state index in [1.165, 1.54) is 18.2 Å². The molecule has 0 aliphatic carbocycles. The molecule has 15 heavy (non-hydrogen) atoms. The third kappa shape index (κ3) is 2.83. The highest BCUT2D eigenvalue weighted by molar-refractivity contribution is 7.90. The number of hydrogen-bond donors (Lipinski definition) is 1. The van der Waals surface area contributed by atoms with Crippen LogP contribution in [-0.4, -0.2) is 14.7 Å². The lowest BCUT2D eigenvalue weighted by molar-refractivity contribution is -0.115. The first-order valence-electron chi connectivity index (χ1n) is 3.68. The highest BCUT2D eigenvalue weighted by Gasteiger charge is 2.44. The minimum absolute atomic E-state index is 0.549. The van der Waals surface area contributed by atoms with Gasteiger partial charge in [-0.1, -0.05) is 18.2 Å². The summed E-state index contributed by atoms with van der Waals surface area (Å²) in [6.45, 7) is 0. The Balaban J connectivity index is 3.27. The Morgan fingerprint density at radius 1 is 1.13 bits per heavy atom. The quantitative estimate of drug-likeness (QED) is 0.790. The summed E-state index contributed by atoms with van der Waals surface area (Å²) in [4.78, 5) is 0. The molecule has 84 valence electrons. The van der Waals surface area contributed by atoms with Crippen molar-refractivity contribution in [1.29, 1.82) is 0 Å². The second-order valence-corrected chi connectivity index (χ2v) is 4.01. The molecule has 0 aliphatic rings. The van der Waals surface area contributed by atoms with Crippen LogP contribution in [0.3, 0.4) is 0 Å². The standard InChI is InChI=1S/C7H7F3N2O2S/c8-7(9,10)12(15(11,13)14)6-4-2-1-3-5-6/h1-5H,(H2,11,13,14). The molecular formula is C7H7F3N2O2S. The van der Waals surface area contributed by atoms with E-state index in [1.807, 2.05) is 0 Å². The summed E-state index contributed by atoms with van der Waals surface area (Å²) in [5.41, 5.74) is -0.549. The normalized spacial score (nSPS) is 12.5. The summed E-state index contributed by atoms with van der Waals surface area (Å²) in [6, 6.07) is 6.01. The van der Waals surface area contributed by atoms with Crippen LogP contribution in [0.15, 0.2) is 30.3 Å². The van der Waals surface area contributed by atoms with E-state index in [1.54, 1.807) is 0 Å². The molecular weight excluding hydrogens is 233 g/mol. The number of rotatable bonds is 2. The highest BCUT2D eigenvalue weighted by atomic mass is 32.2. The van der Waals surface area contributed by atoms with Gasteiger partial charge in [0.05, 0.1) is 5.69 Å². The number of alkyl halides is 3. The molecule has 0 bridgehead atoms. The molecule has 0 saturated carbocycles. The van der Waals surface area contributed by atoms with Crippen LogP contribution in [-0.2, 0) is 10.2 Å². The van der Waals surface area contributed by atoms with Gasteiger partial charge in [0.1, 0.15) is 0 Å². The van der Waals surface area contributed by atoms with E-state index in [4.69, 9.17) is 0 Å². The van der Waals surface area contributed by atoms with Crippen LogP contribution in [0.1, 0.15) is 0 Å². The van der Waals surface area contributed by atoms with Gasteiger partial charge in [0.2, 0.25) is 0 Å². The number of hydrogen-bond acceptors (Lipinski definition) is 2. The van der Waals surface area contributed by atoms with Gasteiger partial charge in [-0.2, -0.15) is 12.7 Å². The number of benzene rings is 1. The number of halogens is 3. The summed E-state index contributed by atoms with van der Waals surface area (Å²) in [5.74, 6) is 0. The summed E-state index contributed by atoms with van der Waals surface area (Å²) in [7, 11) is -4.87. The molecule has 4 nitrogen and oxygen atoms in total. The predicted molar refractivity (Wildman–Crippen MR) is 48.1 cm³/mol. The Labute approximate surface area is 84.3 Å². The monoisotopic (exact) mass is 240 g/mol. The second-order valence-electron chi connectivity index (χ2n) is 2.61. The molecule has 0 radical (unpaired) electrons. The zero-order chi connectivity index (χ0) is 11.7. The van der Waals surface area contributed by atoms with Crippen molar-refractivity contribution in [3.8, 4) is 0 Å². The van der Waals surface area contributed by atoms with Crippen molar-refractivity contribution >= 4 is 15.9 Å². The topological polar surface area (TPSA) is 63.4 Å². The fourth-order valence-corrected chi connectivity index (χ4v) is 1.71. The maximum atomic E-state index is 12.4. The van der Waals surface area contributed by atoms with E-state index >= 15 is 0 Å². The summed E-state index contributed by atoms with van der Waals surface area (Å²) < 4.78 is 57.8. The molecule has 0 saturated heterocycles. The Morgan fingerprint density at radius 2 is 1.60 bits per heavy atom. The van der Waals surface area contributed by atoms with Gasteiger partial charge in [-0.25, -0.2) is 5.14 Å². The minimum atomic E-state index is -5.07. The van der Waals surface area contributed by atoms with Crippen molar-refractivity contribution in [2.45, 2.75) is 6.30 Å². The van der Waals surface area contributed by atoms with Crippen molar-refractivity contribution < 1.29 is 21.6 Å². The molecule has 1 aromatic rings. The summed E-state index contributed by atoms with van der Waals surface area (Å²) >= 11 is 0. The van der Waals surface area contributed by atoms with Crippen LogP contribution in [0.2, 0.25) is 0 Å². The van der Waals surface area contributed by atoms with Gasteiger partial charge in [-0.05, 0) is 12.1 Å². The molecule has 0 atom stereocenters. The lowest BCUT2D eigenvalue weighted by atomic mass is 10.3. The van der Waals surface area contributed by atoms with Crippen molar-refractivity contribution in [3.63, 3.8) is 0 Å². The highest BCUT2D eigenvalue weighted by Crippen LogP contribution is 2.29. The van der Waals surface area contributed by atoms with Crippen molar-refractivity contribution in [2.75, 3.05) is 4.31 Å². The van der Waals surface area contributed by atoms with Crippen LogP contribution in [0.25, 0.3) is 0 Å². The first kappa shape index (κ1) is 11.8. The van der Waals surface area contributed by atoms with E-state index in [0.29, 0.717) is 0 Å². The van der Waals surface area contributed by atoms with E-state index in [0.717, 1.165) is 12.1 Å².